The predicted molar refractivity (Wildman–Crippen MR) is 78.4 cm³/mol. The minimum atomic E-state index is -0.336. The Balaban J connectivity index is 2.11. The van der Waals surface area contributed by atoms with Crippen molar-refractivity contribution in [2.75, 3.05) is 11.9 Å². The molecule has 0 fully saturated rings. The topological polar surface area (TPSA) is 69.0 Å². The summed E-state index contributed by atoms with van der Waals surface area (Å²) in [5.74, 6) is 0.284. The van der Waals surface area contributed by atoms with Crippen molar-refractivity contribution in [3.05, 3.63) is 47.8 Å². The average molecular weight is 284 g/mol. The van der Waals surface area contributed by atoms with Crippen LogP contribution in [0.2, 0.25) is 0 Å². The third kappa shape index (κ3) is 2.29. The summed E-state index contributed by atoms with van der Waals surface area (Å²) < 4.78 is 6.81. The van der Waals surface area contributed by atoms with E-state index in [9.17, 15) is 4.79 Å². The molecule has 1 unspecified atom stereocenters. The quantitative estimate of drug-likeness (QED) is 0.875. The van der Waals surface area contributed by atoms with Crippen molar-refractivity contribution in [2.24, 2.45) is 0 Å². The van der Waals surface area contributed by atoms with Crippen LogP contribution >= 0.6 is 0 Å². The van der Waals surface area contributed by atoms with Crippen LogP contribution < -0.4 is 5.32 Å². The van der Waals surface area contributed by atoms with Gasteiger partial charge in [0.15, 0.2) is 0 Å². The van der Waals surface area contributed by atoms with Gasteiger partial charge in [-0.05, 0) is 19.4 Å². The zero-order valence-electron chi connectivity index (χ0n) is 11.9. The van der Waals surface area contributed by atoms with Crippen molar-refractivity contribution >= 4 is 17.6 Å². The summed E-state index contributed by atoms with van der Waals surface area (Å²) >= 11 is 0. The largest absolute Gasteiger partial charge is 0.463 e. The number of nitrogens with one attached hydrogen (secondary N) is 1. The van der Waals surface area contributed by atoms with Gasteiger partial charge in [-0.2, -0.15) is 10.1 Å². The molecule has 0 spiro atoms. The summed E-state index contributed by atoms with van der Waals surface area (Å²) in [6.45, 7) is 3.98. The third-order valence-electron chi connectivity index (χ3n) is 3.45. The number of nitrogens with zero attached hydrogens (tertiary/aromatic N) is 3. The SMILES string of the molecule is CCOC(=O)C1=C(C)n2ncnc2NC1c1ccccc1. The second kappa shape index (κ2) is 5.40. The van der Waals surface area contributed by atoms with Gasteiger partial charge in [0.05, 0.1) is 23.9 Å². The summed E-state index contributed by atoms with van der Waals surface area (Å²) in [5.41, 5.74) is 2.27. The molecule has 0 saturated carbocycles. The van der Waals surface area contributed by atoms with Gasteiger partial charge in [-0.1, -0.05) is 30.3 Å². The summed E-state index contributed by atoms with van der Waals surface area (Å²) in [6, 6.07) is 9.46. The number of aromatic nitrogens is 3. The standard InChI is InChI=1S/C15H16N4O2/c1-3-21-14(20)12-10(2)19-15(16-9-17-19)18-13(12)11-7-5-4-6-8-11/h4-9,13H,3H2,1-2H3,(H,16,17,18). The molecule has 0 amide bonds. The van der Waals surface area contributed by atoms with Crippen LogP contribution in [0.25, 0.3) is 5.70 Å². The Morgan fingerprint density at radius 1 is 1.38 bits per heavy atom. The molecular weight excluding hydrogens is 268 g/mol. The smallest absolute Gasteiger partial charge is 0.338 e. The van der Waals surface area contributed by atoms with E-state index in [2.05, 4.69) is 15.4 Å². The van der Waals surface area contributed by atoms with Crippen LogP contribution in [0.15, 0.2) is 42.2 Å². The maximum Gasteiger partial charge on any atom is 0.338 e. The number of hydrogen-bond acceptors (Lipinski definition) is 5. The summed E-state index contributed by atoms with van der Waals surface area (Å²) in [5, 5.41) is 7.38. The number of benzene rings is 1. The summed E-state index contributed by atoms with van der Waals surface area (Å²) in [6.07, 6.45) is 1.46. The van der Waals surface area contributed by atoms with Gasteiger partial charge in [0.25, 0.3) is 0 Å². The Kier molecular flexibility index (Phi) is 3.43. The van der Waals surface area contributed by atoms with E-state index in [4.69, 9.17) is 4.74 Å². The highest BCUT2D eigenvalue weighted by Crippen LogP contribution is 2.34. The van der Waals surface area contributed by atoms with Crippen LogP contribution in [0, 0.1) is 0 Å². The average Bonchev–Trinajstić information content (AvgIpc) is 2.97. The van der Waals surface area contributed by atoms with Gasteiger partial charge < -0.3 is 10.1 Å². The molecule has 1 aliphatic heterocycles. The van der Waals surface area contributed by atoms with Crippen molar-refractivity contribution in [3.63, 3.8) is 0 Å². The number of anilines is 1. The number of fused-ring (bicyclic) bond motifs is 1. The van der Waals surface area contributed by atoms with Crippen molar-refractivity contribution < 1.29 is 9.53 Å². The molecule has 21 heavy (non-hydrogen) atoms. The van der Waals surface area contributed by atoms with Gasteiger partial charge in [-0.25, -0.2) is 9.48 Å². The van der Waals surface area contributed by atoms with Gasteiger partial charge in [0.2, 0.25) is 5.95 Å². The van der Waals surface area contributed by atoms with E-state index in [0.717, 1.165) is 11.3 Å². The maximum atomic E-state index is 12.3. The number of ether oxygens (including phenoxy) is 1. The molecule has 1 aromatic carbocycles. The number of allylic oxidation sites excluding steroid dienone is 1. The Hall–Kier alpha value is -2.63. The van der Waals surface area contributed by atoms with Gasteiger partial charge in [-0.15, -0.1) is 0 Å². The fraction of sp³-hybridized carbons (Fsp3) is 0.267. The van der Waals surface area contributed by atoms with Gasteiger partial charge in [0.1, 0.15) is 6.33 Å². The van der Waals surface area contributed by atoms with Gasteiger partial charge >= 0.3 is 5.97 Å². The summed E-state index contributed by atoms with van der Waals surface area (Å²) in [7, 11) is 0. The second-order valence-corrected chi connectivity index (χ2v) is 4.70. The molecule has 6 heteroatoms. The van der Waals surface area contributed by atoms with E-state index < -0.39 is 0 Å². The van der Waals surface area contributed by atoms with Crippen LogP contribution in [-0.2, 0) is 9.53 Å². The number of rotatable bonds is 3. The van der Waals surface area contributed by atoms with Crippen molar-refractivity contribution in [1.29, 1.82) is 0 Å². The van der Waals surface area contributed by atoms with Crippen LogP contribution in [0.5, 0.6) is 0 Å². The molecule has 2 aromatic rings. The van der Waals surface area contributed by atoms with Crippen molar-refractivity contribution in [1.82, 2.24) is 14.8 Å². The molecule has 108 valence electrons. The van der Waals surface area contributed by atoms with Crippen molar-refractivity contribution in [2.45, 2.75) is 19.9 Å². The molecule has 0 radical (unpaired) electrons. The molecule has 1 atom stereocenters. The lowest BCUT2D eigenvalue weighted by atomic mass is 9.96. The second-order valence-electron chi connectivity index (χ2n) is 4.70. The lowest BCUT2D eigenvalue weighted by Crippen LogP contribution is -2.28. The van der Waals surface area contributed by atoms with E-state index in [1.165, 1.54) is 6.33 Å². The van der Waals surface area contributed by atoms with Crippen LogP contribution in [0.3, 0.4) is 0 Å². The molecule has 6 nitrogen and oxygen atoms in total. The Morgan fingerprint density at radius 2 is 2.14 bits per heavy atom. The zero-order valence-corrected chi connectivity index (χ0v) is 11.9. The molecule has 2 heterocycles. The van der Waals surface area contributed by atoms with Crippen LogP contribution in [0.4, 0.5) is 5.95 Å². The van der Waals surface area contributed by atoms with Crippen LogP contribution in [0.1, 0.15) is 25.5 Å². The normalized spacial score (nSPS) is 17.1. The fourth-order valence-electron chi connectivity index (χ4n) is 2.48. The Bertz CT molecular complexity index is 691. The number of carbonyl (C=O) groups excluding carboxylic acids is 1. The van der Waals surface area contributed by atoms with E-state index in [1.807, 2.05) is 37.3 Å². The minimum absolute atomic E-state index is 0.290. The lowest BCUT2D eigenvalue weighted by molar-refractivity contribution is -0.138. The van der Waals surface area contributed by atoms with E-state index in [-0.39, 0.29) is 12.0 Å². The number of esters is 1. The molecule has 0 aliphatic carbocycles. The van der Waals surface area contributed by atoms with E-state index >= 15 is 0 Å². The van der Waals surface area contributed by atoms with Crippen LogP contribution in [-0.4, -0.2) is 27.3 Å². The van der Waals surface area contributed by atoms with Gasteiger partial charge in [-0.3, -0.25) is 0 Å². The minimum Gasteiger partial charge on any atom is -0.463 e. The zero-order chi connectivity index (χ0) is 14.8. The highest BCUT2D eigenvalue weighted by Gasteiger charge is 2.32. The Labute approximate surface area is 122 Å². The first-order valence-corrected chi connectivity index (χ1v) is 6.82. The first-order chi connectivity index (χ1) is 10.2. The van der Waals surface area contributed by atoms with Gasteiger partial charge in [0, 0.05) is 0 Å². The molecule has 0 saturated heterocycles. The highest BCUT2D eigenvalue weighted by molar-refractivity contribution is 5.97. The molecule has 1 aromatic heterocycles. The summed E-state index contributed by atoms with van der Waals surface area (Å²) in [4.78, 5) is 16.5. The lowest BCUT2D eigenvalue weighted by Gasteiger charge is -2.28. The predicted octanol–water partition coefficient (Wildman–Crippen LogP) is 2.24. The molecule has 0 bridgehead atoms. The number of hydrogen-bond donors (Lipinski definition) is 1. The Morgan fingerprint density at radius 3 is 2.86 bits per heavy atom. The monoisotopic (exact) mass is 284 g/mol. The molecule has 3 rings (SSSR count). The third-order valence-corrected chi connectivity index (χ3v) is 3.45. The van der Waals surface area contributed by atoms with Crippen molar-refractivity contribution in [3.8, 4) is 0 Å². The highest BCUT2D eigenvalue weighted by atomic mass is 16.5. The maximum absolute atomic E-state index is 12.3. The first kappa shape index (κ1) is 13.4. The molecule has 1 N–H and O–H groups in total. The number of carbonyl (C=O) groups is 1. The van der Waals surface area contributed by atoms with E-state index in [0.29, 0.717) is 18.1 Å². The molecule has 1 aliphatic rings. The first-order valence-electron chi connectivity index (χ1n) is 6.82. The molecular formula is C15H16N4O2. The fourth-order valence-corrected chi connectivity index (χ4v) is 2.48. The van der Waals surface area contributed by atoms with E-state index in [1.54, 1.807) is 11.6 Å².